The third-order valence-electron chi connectivity index (χ3n) is 11.2. The molecule has 1 heterocycles. The van der Waals surface area contributed by atoms with E-state index in [9.17, 15) is 28.7 Å². The zero-order valence-corrected chi connectivity index (χ0v) is 25.8. The summed E-state index contributed by atoms with van der Waals surface area (Å²) in [7, 11) is 0. The number of Topliss-reactive ketones (excluding diaryl/α,β-unsaturated/α-hetero) is 1. The topological polar surface area (TPSA) is 140 Å². The van der Waals surface area contributed by atoms with Crippen molar-refractivity contribution in [3.63, 3.8) is 0 Å². The number of benzene rings is 1. The van der Waals surface area contributed by atoms with Gasteiger partial charge < -0.3 is 30.0 Å². The third-order valence-corrected chi connectivity index (χ3v) is 11.2. The number of anilines is 1. The van der Waals surface area contributed by atoms with Gasteiger partial charge in [0.2, 0.25) is 18.1 Å². The van der Waals surface area contributed by atoms with Gasteiger partial charge in [0.1, 0.15) is 18.2 Å². The van der Waals surface area contributed by atoms with Crippen molar-refractivity contribution in [1.29, 1.82) is 0 Å². The summed E-state index contributed by atoms with van der Waals surface area (Å²) in [5.74, 6) is -1.58. The molecule has 9 atom stereocenters. The largest absolute Gasteiger partial charge is 0.486 e. The zero-order valence-electron chi connectivity index (χ0n) is 25.8. The van der Waals surface area contributed by atoms with Crippen LogP contribution in [-0.2, 0) is 28.7 Å². The molecule has 11 heteroatoms. The summed E-state index contributed by atoms with van der Waals surface area (Å²) in [6.45, 7) is 5.47. The third kappa shape index (κ3) is 5.03. The van der Waals surface area contributed by atoms with Gasteiger partial charge in [0, 0.05) is 22.8 Å². The van der Waals surface area contributed by atoms with E-state index in [1.54, 1.807) is 12.2 Å². The molecule has 0 spiro atoms. The number of ketones is 2. The SMILES string of the molecule is CCCC1OC2CC3C4CCC5=CC(=O)C=CC5(C)C4C(O)CC3(C)C2(C(=O)COc2ccc(NC(=O)CNC=O)c(F)c2)O1. The van der Waals surface area contributed by atoms with Crippen LogP contribution in [-0.4, -0.2) is 66.2 Å². The Bertz CT molecular complexity index is 1460. The highest BCUT2D eigenvalue weighted by molar-refractivity contribution is 6.01. The van der Waals surface area contributed by atoms with Crippen molar-refractivity contribution in [2.75, 3.05) is 18.5 Å². The minimum absolute atomic E-state index is 0.0223. The molecule has 2 amide bonds. The molecule has 6 rings (SSSR count). The van der Waals surface area contributed by atoms with Crippen LogP contribution in [0.4, 0.5) is 10.1 Å². The molecule has 9 unspecified atom stereocenters. The first-order valence-electron chi connectivity index (χ1n) is 15.8. The molecule has 1 aliphatic heterocycles. The Hall–Kier alpha value is -3.41. The van der Waals surface area contributed by atoms with Gasteiger partial charge in [-0.15, -0.1) is 0 Å². The summed E-state index contributed by atoms with van der Waals surface area (Å²) >= 11 is 0. The van der Waals surface area contributed by atoms with Gasteiger partial charge in [-0.05, 0) is 68.2 Å². The molecule has 0 bridgehead atoms. The van der Waals surface area contributed by atoms with Crippen molar-refractivity contribution in [1.82, 2.24) is 5.32 Å². The number of aliphatic hydroxyl groups excluding tert-OH is 1. The van der Waals surface area contributed by atoms with E-state index in [4.69, 9.17) is 14.2 Å². The Kier molecular flexibility index (Phi) is 8.24. The van der Waals surface area contributed by atoms with E-state index < -0.39 is 53.3 Å². The Morgan fingerprint density at radius 1 is 1.27 bits per heavy atom. The molecule has 5 aliphatic rings. The Morgan fingerprint density at radius 2 is 2.07 bits per heavy atom. The second kappa shape index (κ2) is 11.7. The van der Waals surface area contributed by atoms with E-state index >= 15 is 0 Å². The first-order valence-corrected chi connectivity index (χ1v) is 15.8. The number of allylic oxidation sites excluding steroid dienone is 4. The van der Waals surface area contributed by atoms with Gasteiger partial charge in [-0.3, -0.25) is 19.2 Å². The van der Waals surface area contributed by atoms with Crippen molar-refractivity contribution < 1.29 is 42.9 Å². The predicted octanol–water partition coefficient (Wildman–Crippen LogP) is 3.63. The van der Waals surface area contributed by atoms with E-state index in [1.807, 2.05) is 19.9 Å². The number of ether oxygens (including phenoxy) is 3. The van der Waals surface area contributed by atoms with Gasteiger partial charge in [-0.1, -0.05) is 38.8 Å². The molecule has 10 nitrogen and oxygen atoms in total. The van der Waals surface area contributed by atoms with E-state index in [0.717, 1.165) is 30.9 Å². The number of amides is 2. The smallest absolute Gasteiger partial charge is 0.243 e. The minimum atomic E-state index is -1.35. The molecule has 1 saturated heterocycles. The monoisotopic (exact) mass is 624 g/mol. The van der Waals surface area contributed by atoms with Crippen molar-refractivity contribution in [2.24, 2.45) is 28.6 Å². The van der Waals surface area contributed by atoms with Crippen LogP contribution in [0.2, 0.25) is 0 Å². The van der Waals surface area contributed by atoms with Gasteiger partial charge in [-0.25, -0.2) is 4.39 Å². The first kappa shape index (κ1) is 31.6. The van der Waals surface area contributed by atoms with Crippen LogP contribution in [0.15, 0.2) is 42.0 Å². The Morgan fingerprint density at radius 3 is 2.80 bits per heavy atom. The fraction of sp³-hybridized carbons (Fsp3) is 0.588. The highest BCUT2D eigenvalue weighted by Crippen LogP contribution is 2.69. The lowest BCUT2D eigenvalue weighted by molar-refractivity contribution is -0.200. The molecule has 1 aromatic rings. The van der Waals surface area contributed by atoms with Crippen LogP contribution in [0.5, 0.6) is 5.75 Å². The van der Waals surface area contributed by atoms with Gasteiger partial charge in [0.15, 0.2) is 17.7 Å². The first-order chi connectivity index (χ1) is 21.5. The molecule has 4 aliphatic carbocycles. The predicted molar refractivity (Wildman–Crippen MR) is 160 cm³/mol. The minimum Gasteiger partial charge on any atom is -0.486 e. The average Bonchev–Trinajstić information content (AvgIpc) is 3.48. The molecular weight excluding hydrogens is 583 g/mol. The van der Waals surface area contributed by atoms with E-state index in [-0.39, 0.29) is 47.3 Å². The summed E-state index contributed by atoms with van der Waals surface area (Å²) in [6, 6.07) is 3.86. The van der Waals surface area contributed by atoms with Gasteiger partial charge >= 0.3 is 0 Å². The number of hydrogen-bond acceptors (Lipinski definition) is 8. The lowest BCUT2D eigenvalue weighted by Gasteiger charge is -2.59. The maximum Gasteiger partial charge on any atom is 0.243 e. The summed E-state index contributed by atoms with van der Waals surface area (Å²) in [5, 5.41) is 16.5. The van der Waals surface area contributed by atoms with E-state index in [1.165, 1.54) is 12.1 Å². The van der Waals surface area contributed by atoms with Crippen molar-refractivity contribution in [3.8, 4) is 5.75 Å². The second-order valence-corrected chi connectivity index (χ2v) is 13.5. The van der Waals surface area contributed by atoms with Crippen LogP contribution in [0.25, 0.3) is 0 Å². The molecular formula is C34H41FN2O8. The molecule has 0 aromatic heterocycles. The molecule has 4 fully saturated rings. The maximum absolute atomic E-state index is 14.8. The summed E-state index contributed by atoms with van der Waals surface area (Å²) in [6.07, 6.45) is 7.74. The Labute approximate surface area is 261 Å². The fourth-order valence-electron chi connectivity index (χ4n) is 9.28. The quantitative estimate of drug-likeness (QED) is 0.336. The van der Waals surface area contributed by atoms with Crippen LogP contribution in [0.3, 0.4) is 0 Å². The number of halogens is 1. The second-order valence-electron chi connectivity index (χ2n) is 13.5. The molecule has 45 heavy (non-hydrogen) atoms. The summed E-state index contributed by atoms with van der Waals surface area (Å²) in [4.78, 5) is 48.8. The lowest BCUT2D eigenvalue weighted by Crippen LogP contribution is -2.63. The van der Waals surface area contributed by atoms with Crippen LogP contribution >= 0.6 is 0 Å². The summed E-state index contributed by atoms with van der Waals surface area (Å²) in [5.41, 5.74) is -1.57. The highest BCUT2D eigenvalue weighted by Gasteiger charge is 2.75. The van der Waals surface area contributed by atoms with E-state index in [0.29, 0.717) is 25.7 Å². The lowest BCUT2D eigenvalue weighted by atomic mass is 9.46. The van der Waals surface area contributed by atoms with Gasteiger partial charge in [-0.2, -0.15) is 0 Å². The van der Waals surface area contributed by atoms with E-state index in [2.05, 4.69) is 17.6 Å². The normalized spacial score (nSPS) is 37.9. The van der Waals surface area contributed by atoms with Crippen LogP contribution < -0.4 is 15.4 Å². The molecule has 0 radical (unpaired) electrons. The molecule has 3 saturated carbocycles. The van der Waals surface area contributed by atoms with Gasteiger partial charge in [0.05, 0.1) is 24.4 Å². The number of hydrogen-bond donors (Lipinski definition) is 3. The van der Waals surface area contributed by atoms with Crippen molar-refractivity contribution in [2.45, 2.75) is 83.4 Å². The molecule has 3 N–H and O–H groups in total. The van der Waals surface area contributed by atoms with Crippen LogP contribution in [0.1, 0.15) is 59.3 Å². The zero-order chi connectivity index (χ0) is 32.1. The average molecular weight is 625 g/mol. The molecule has 1 aromatic carbocycles. The van der Waals surface area contributed by atoms with Crippen molar-refractivity contribution in [3.05, 3.63) is 47.8 Å². The number of rotatable bonds is 10. The van der Waals surface area contributed by atoms with Gasteiger partial charge in [0.25, 0.3) is 0 Å². The number of nitrogens with one attached hydrogen (secondary N) is 2. The Balaban J connectivity index is 1.25. The summed E-state index contributed by atoms with van der Waals surface area (Å²) < 4.78 is 33.7. The number of aliphatic hydroxyl groups is 1. The highest BCUT2D eigenvalue weighted by atomic mass is 19.1. The van der Waals surface area contributed by atoms with Crippen LogP contribution in [0, 0.1) is 34.4 Å². The standard InChI is InChI=1S/C34H41FN2O8/c1-4-5-30-44-28-14-23-22-8-6-19-12-20(39)10-11-32(19,2)31(22)26(40)15-33(23,3)34(28,45-30)27(41)17-43-21-7-9-25(24(35)13-21)37-29(42)16-36-18-38/h7,9-13,18,22-23,26,28,30-31,40H,4-6,8,14-17H2,1-3H3,(H,36,38)(H,37,42). The molecule has 242 valence electrons. The number of carbonyl (C=O) groups excluding carboxylic acids is 4. The number of fused-ring (bicyclic) bond motifs is 7. The fourth-order valence-corrected chi connectivity index (χ4v) is 9.28. The van der Waals surface area contributed by atoms with Crippen molar-refractivity contribution >= 4 is 29.6 Å². The number of carbonyl (C=O) groups is 4. The maximum atomic E-state index is 14.8.